The van der Waals surface area contributed by atoms with Gasteiger partial charge in [0.15, 0.2) is 0 Å². The molecular weight excluding hydrogens is 344 g/mol. The number of amides is 2. The van der Waals surface area contributed by atoms with E-state index in [2.05, 4.69) is 5.32 Å². The van der Waals surface area contributed by atoms with Crippen molar-refractivity contribution in [2.24, 2.45) is 0 Å². The van der Waals surface area contributed by atoms with E-state index in [4.69, 9.17) is 4.74 Å². The lowest BCUT2D eigenvalue weighted by Crippen LogP contribution is -2.35. The topological polar surface area (TPSA) is 75.7 Å². The van der Waals surface area contributed by atoms with Crippen molar-refractivity contribution >= 4 is 23.5 Å². The van der Waals surface area contributed by atoms with E-state index in [1.165, 1.54) is 0 Å². The maximum absolute atomic E-state index is 12.1. The standard InChI is InChI=1S/C21H22N2O4/c1-15(22-21(26)16-6-3-2-4-7-16)14-20(25)27-18-11-9-17(10-12-18)23-13-5-8-19(23)24/h2-4,6-7,9-12,15H,5,8,13-14H2,1H3,(H,22,26). The number of benzene rings is 2. The van der Waals surface area contributed by atoms with Gasteiger partial charge in [0.1, 0.15) is 5.75 Å². The van der Waals surface area contributed by atoms with Crippen molar-refractivity contribution in [1.29, 1.82) is 0 Å². The Labute approximate surface area is 158 Å². The van der Waals surface area contributed by atoms with Gasteiger partial charge < -0.3 is 15.0 Å². The number of ether oxygens (including phenoxy) is 1. The molecule has 0 spiro atoms. The average molecular weight is 366 g/mol. The highest BCUT2D eigenvalue weighted by molar-refractivity contribution is 5.95. The molecule has 27 heavy (non-hydrogen) atoms. The van der Waals surface area contributed by atoms with E-state index >= 15 is 0 Å². The third-order valence-corrected chi connectivity index (χ3v) is 4.34. The summed E-state index contributed by atoms with van der Waals surface area (Å²) in [5.74, 6) is -0.129. The highest BCUT2D eigenvalue weighted by atomic mass is 16.5. The quantitative estimate of drug-likeness (QED) is 0.630. The smallest absolute Gasteiger partial charge is 0.313 e. The molecule has 1 saturated heterocycles. The number of carbonyl (C=O) groups is 3. The molecule has 6 heteroatoms. The van der Waals surface area contributed by atoms with Crippen molar-refractivity contribution in [1.82, 2.24) is 5.32 Å². The first-order valence-electron chi connectivity index (χ1n) is 9.00. The van der Waals surface area contributed by atoms with Crippen LogP contribution in [0.1, 0.15) is 36.5 Å². The van der Waals surface area contributed by atoms with Crippen LogP contribution in [-0.4, -0.2) is 30.4 Å². The molecule has 6 nitrogen and oxygen atoms in total. The van der Waals surface area contributed by atoms with Gasteiger partial charge in [-0.2, -0.15) is 0 Å². The van der Waals surface area contributed by atoms with Gasteiger partial charge in [-0.1, -0.05) is 18.2 Å². The fraction of sp³-hybridized carbons (Fsp3) is 0.286. The molecule has 0 radical (unpaired) electrons. The van der Waals surface area contributed by atoms with Gasteiger partial charge in [0, 0.05) is 30.3 Å². The Balaban J connectivity index is 1.50. The Morgan fingerprint density at radius 3 is 2.44 bits per heavy atom. The zero-order valence-corrected chi connectivity index (χ0v) is 15.2. The van der Waals surface area contributed by atoms with E-state index in [1.807, 2.05) is 6.07 Å². The van der Waals surface area contributed by atoms with Crippen molar-refractivity contribution in [2.45, 2.75) is 32.2 Å². The number of esters is 1. The minimum Gasteiger partial charge on any atom is -0.426 e. The highest BCUT2D eigenvalue weighted by Crippen LogP contribution is 2.24. The van der Waals surface area contributed by atoms with Crippen molar-refractivity contribution in [3.05, 3.63) is 60.2 Å². The number of hydrogen-bond donors (Lipinski definition) is 1. The Morgan fingerprint density at radius 2 is 1.81 bits per heavy atom. The summed E-state index contributed by atoms with van der Waals surface area (Å²) in [6.45, 7) is 2.47. The third kappa shape index (κ3) is 4.94. The van der Waals surface area contributed by atoms with Gasteiger partial charge in [-0.3, -0.25) is 14.4 Å². The zero-order valence-electron chi connectivity index (χ0n) is 15.2. The molecule has 1 aliphatic rings. The molecular formula is C21H22N2O4. The van der Waals surface area contributed by atoms with Crippen LogP contribution < -0.4 is 15.0 Å². The van der Waals surface area contributed by atoms with E-state index in [0.29, 0.717) is 17.7 Å². The molecule has 1 unspecified atom stereocenters. The molecule has 0 bridgehead atoms. The third-order valence-electron chi connectivity index (χ3n) is 4.34. The summed E-state index contributed by atoms with van der Waals surface area (Å²) in [5.41, 5.74) is 1.35. The normalized spacial score (nSPS) is 14.7. The lowest BCUT2D eigenvalue weighted by atomic mass is 10.2. The first kappa shape index (κ1) is 18.6. The summed E-state index contributed by atoms with van der Waals surface area (Å²) < 4.78 is 5.32. The fourth-order valence-electron chi connectivity index (χ4n) is 2.99. The second-order valence-corrected chi connectivity index (χ2v) is 6.56. The fourth-order valence-corrected chi connectivity index (χ4v) is 2.99. The zero-order chi connectivity index (χ0) is 19.2. The van der Waals surface area contributed by atoms with Gasteiger partial charge in [-0.05, 0) is 49.7 Å². The first-order chi connectivity index (χ1) is 13.0. The SMILES string of the molecule is CC(CC(=O)Oc1ccc(N2CCCC2=O)cc1)NC(=O)c1ccccc1. The summed E-state index contributed by atoms with van der Waals surface area (Å²) in [6.07, 6.45) is 1.50. The molecule has 2 aromatic carbocycles. The van der Waals surface area contributed by atoms with Gasteiger partial charge in [0.2, 0.25) is 5.91 Å². The summed E-state index contributed by atoms with van der Waals surface area (Å²) in [7, 11) is 0. The molecule has 0 saturated carbocycles. The average Bonchev–Trinajstić information content (AvgIpc) is 3.08. The van der Waals surface area contributed by atoms with E-state index in [9.17, 15) is 14.4 Å². The number of hydrogen-bond acceptors (Lipinski definition) is 4. The van der Waals surface area contributed by atoms with Gasteiger partial charge in [-0.25, -0.2) is 0 Å². The van der Waals surface area contributed by atoms with Gasteiger partial charge in [0.25, 0.3) is 5.91 Å². The minimum absolute atomic E-state index is 0.0605. The Morgan fingerprint density at radius 1 is 1.11 bits per heavy atom. The number of nitrogens with zero attached hydrogens (tertiary/aromatic N) is 1. The Kier molecular flexibility index (Phi) is 5.86. The second kappa shape index (κ2) is 8.49. The molecule has 0 aromatic heterocycles. The molecule has 1 heterocycles. The van der Waals surface area contributed by atoms with Crippen molar-refractivity contribution in [2.75, 3.05) is 11.4 Å². The molecule has 1 fully saturated rings. The van der Waals surface area contributed by atoms with Crippen LogP contribution in [0.5, 0.6) is 5.75 Å². The second-order valence-electron chi connectivity index (χ2n) is 6.56. The van der Waals surface area contributed by atoms with E-state index < -0.39 is 5.97 Å². The summed E-state index contributed by atoms with van der Waals surface area (Å²) in [6, 6.07) is 15.4. The van der Waals surface area contributed by atoms with Crippen LogP contribution in [0, 0.1) is 0 Å². The summed E-state index contributed by atoms with van der Waals surface area (Å²) in [4.78, 5) is 37.7. The molecule has 0 aliphatic carbocycles. The van der Waals surface area contributed by atoms with Crippen LogP contribution in [0.4, 0.5) is 5.69 Å². The minimum atomic E-state index is -0.430. The molecule has 1 atom stereocenters. The van der Waals surface area contributed by atoms with Gasteiger partial charge >= 0.3 is 5.97 Å². The predicted molar refractivity (Wildman–Crippen MR) is 102 cm³/mol. The maximum Gasteiger partial charge on any atom is 0.313 e. The van der Waals surface area contributed by atoms with E-state index in [1.54, 1.807) is 60.4 Å². The van der Waals surface area contributed by atoms with E-state index in [0.717, 1.165) is 18.7 Å². The van der Waals surface area contributed by atoms with Crippen LogP contribution in [0.15, 0.2) is 54.6 Å². The molecule has 3 rings (SSSR count). The molecule has 2 aromatic rings. The predicted octanol–water partition coefficient (Wildman–Crippen LogP) is 2.93. The van der Waals surface area contributed by atoms with Crippen LogP contribution in [-0.2, 0) is 9.59 Å². The van der Waals surface area contributed by atoms with Gasteiger partial charge in [-0.15, -0.1) is 0 Å². The lowest BCUT2D eigenvalue weighted by Gasteiger charge is -2.16. The highest BCUT2D eigenvalue weighted by Gasteiger charge is 2.21. The number of rotatable bonds is 6. The van der Waals surface area contributed by atoms with Crippen molar-refractivity contribution < 1.29 is 19.1 Å². The van der Waals surface area contributed by atoms with Crippen LogP contribution in [0.2, 0.25) is 0 Å². The summed E-state index contributed by atoms with van der Waals surface area (Å²) >= 11 is 0. The van der Waals surface area contributed by atoms with Crippen LogP contribution >= 0.6 is 0 Å². The largest absolute Gasteiger partial charge is 0.426 e. The molecule has 2 amide bonds. The Hall–Kier alpha value is -3.15. The molecule has 1 aliphatic heterocycles. The van der Waals surface area contributed by atoms with Crippen LogP contribution in [0.3, 0.4) is 0 Å². The number of anilines is 1. The monoisotopic (exact) mass is 366 g/mol. The molecule has 1 N–H and O–H groups in total. The Bertz CT molecular complexity index is 818. The number of nitrogens with one attached hydrogen (secondary N) is 1. The molecule has 140 valence electrons. The maximum atomic E-state index is 12.1. The lowest BCUT2D eigenvalue weighted by molar-refractivity contribution is -0.134. The number of carbonyl (C=O) groups excluding carboxylic acids is 3. The van der Waals surface area contributed by atoms with E-state index in [-0.39, 0.29) is 24.3 Å². The van der Waals surface area contributed by atoms with Gasteiger partial charge in [0.05, 0.1) is 6.42 Å². The summed E-state index contributed by atoms with van der Waals surface area (Å²) in [5, 5.41) is 2.78. The van der Waals surface area contributed by atoms with Crippen molar-refractivity contribution in [3.63, 3.8) is 0 Å². The van der Waals surface area contributed by atoms with Crippen molar-refractivity contribution in [3.8, 4) is 5.75 Å². The first-order valence-corrected chi connectivity index (χ1v) is 9.00. The van der Waals surface area contributed by atoms with Crippen LogP contribution in [0.25, 0.3) is 0 Å².